The second-order valence-corrected chi connectivity index (χ2v) is 8.90. The molecule has 0 spiro atoms. The number of rotatable bonds is 6. The standard InChI is InChI=1S/C24H20N4O4S/c29-33(30,21-9-5-2-6-10-21)27-25-16-19-17-28(20-7-3-1-4-8-20)26-24(19)18-11-12-22-23(15-18)32-14-13-31-22/h1-12,15-17,27H,13-14H2. The number of hydrogen-bond acceptors (Lipinski definition) is 6. The van der Waals surface area contributed by atoms with Crippen molar-refractivity contribution in [3.63, 3.8) is 0 Å². The Kier molecular flexibility index (Phi) is 5.54. The van der Waals surface area contributed by atoms with Crippen LogP contribution in [-0.4, -0.2) is 37.6 Å². The Bertz CT molecular complexity index is 1400. The van der Waals surface area contributed by atoms with Crippen molar-refractivity contribution in [1.82, 2.24) is 14.6 Å². The van der Waals surface area contributed by atoms with Crippen LogP contribution in [-0.2, 0) is 10.0 Å². The van der Waals surface area contributed by atoms with Crippen molar-refractivity contribution in [1.29, 1.82) is 0 Å². The summed E-state index contributed by atoms with van der Waals surface area (Å²) < 4.78 is 38.0. The molecule has 1 aliphatic heterocycles. The number of nitrogens with one attached hydrogen (secondary N) is 1. The van der Waals surface area contributed by atoms with Crippen LogP contribution in [0.5, 0.6) is 11.5 Å². The lowest BCUT2D eigenvalue weighted by atomic mass is 10.1. The SMILES string of the molecule is O=S(=O)(NN=Cc1cn(-c2ccccc2)nc1-c1ccc2c(c1)OCCO2)c1ccccc1. The molecule has 1 aromatic heterocycles. The highest BCUT2D eigenvalue weighted by Gasteiger charge is 2.17. The van der Waals surface area contributed by atoms with E-state index in [2.05, 4.69) is 9.93 Å². The molecule has 0 bridgehead atoms. The van der Waals surface area contributed by atoms with Gasteiger partial charge in [0.25, 0.3) is 10.0 Å². The number of benzene rings is 3. The lowest BCUT2D eigenvalue weighted by Crippen LogP contribution is -2.18. The highest BCUT2D eigenvalue weighted by molar-refractivity contribution is 7.89. The number of ether oxygens (including phenoxy) is 2. The molecule has 0 unspecified atom stereocenters. The van der Waals surface area contributed by atoms with Crippen LogP contribution in [0.1, 0.15) is 5.56 Å². The minimum absolute atomic E-state index is 0.134. The normalized spacial score (nSPS) is 13.2. The van der Waals surface area contributed by atoms with Crippen LogP contribution in [0.2, 0.25) is 0 Å². The van der Waals surface area contributed by atoms with Gasteiger partial charge in [-0.05, 0) is 42.5 Å². The zero-order valence-electron chi connectivity index (χ0n) is 17.5. The first-order chi connectivity index (χ1) is 16.1. The van der Waals surface area contributed by atoms with Crippen molar-refractivity contribution >= 4 is 16.2 Å². The largest absolute Gasteiger partial charge is 0.486 e. The van der Waals surface area contributed by atoms with E-state index >= 15 is 0 Å². The minimum Gasteiger partial charge on any atom is -0.486 e. The fourth-order valence-corrected chi connectivity index (χ4v) is 4.24. The van der Waals surface area contributed by atoms with Crippen LogP contribution < -0.4 is 14.3 Å². The number of fused-ring (bicyclic) bond motifs is 1. The molecule has 0 saturated carbocycles. The molecule has 2 heterocycles. The summed E-state index contributed by atoms with van der Waals surface area (Å²) in [6.07, 6.45) is 3.24. The average Bonchev–Trinajstić information content (AvgIpc) is 3.29. The molecular formula is C24H20N4O4S. The van der Waals surface area contributed by atoms with Gasteiger partial charge in [0.2, 0.25) is 0 Å². The maximum Gasteiger partial charge on any atom is 0.276 e. The molecule has 4 aromatic rings. The number of hydrogen-bond donors (Lipinski definition) is 1. The predicted molar refractivity (Wildman–Crippen MR) is 124 cm³/mol. The van der Waals surface area contributed by atoms with E-state index in [1.165, 1.54) is 18.3 Å². The second kappa shape index (κ2) is 8.79. The third-order valence-electron chi connectivity index (χ3n) is 5.01. The van der Waals surface area contributed by atoms with Crippen molar-refractivity contribution in [2.75, 3.05) is 13.2 Å². The number of nitrogens with zero attached hydrogens (tertiary/aromatic N) is 3. The number of aromatic nitrogens is 2. The molecule has 0 amide bonds. The van der Waals surface area contributed by atoms with E-state index in [9.17, 15) is 8.42 Å². The Hall–Kier alpha value is -4.11. The molecule has 166 valence electrons. The Balaban J connectivity index is 1.51. The fourth-order valence-electron chi connectivity index (χ4n) is 3.43. The van der Waals surface area contributed by atoms with Gasteiger partial charge in [-0.2, -0.15) is 18.6 Å². The van der Waals surface area contributed by atoms with Crippen LogP contribution >= 0.6 is 0 Å². The first-order valence-corrected chi connectivity index (χ1v) is 11.7. The van der Waals surface area contributed by atoms with Gasteiger partial charge in [-0.15, -0.1) is 0 Å². The Morgan fingerprint density at radius 3 is 2.36 bits per heavy atom. The highest BCUT2D eigenvalue weighted by Crippen LogP contribution is 2.35. The van der Waals surface area contributed by atoms with Gasteiger partial charge >= 0.3 is 0 Å². The molecule has 9 heteroatoms. The molecule has 0 saturated heterocycles. The van der Waals surface area contributed by atoms with Gasteiger partial charge in [0, 0.05) is 17.3 Å². The molecule has 0 aliphatic carbocycles. The van der Waals surface area contributed by atoms with E-state index in [4.69, 9.17) is 14.6 Å². The molecule has 5 rings (SSSR count). The van der Waals surface area contributed by atoms with Crippen molar-refractivity contribution in [2.24, 2.45) is 5.10 Å². The predicted octanol–water partition coefficient (Wildman–Crippen LogP) is 3.62. The molecule has 3 aromatic carbocycles. The van der Waals surface area contributed by atoms with Gasteiger partial charge < -0.3 is 9.47 Å². The van der Waals surface area contributed by atoms with Crippen LogP contribution in [0.15, 0.2) is 95.1 Å². The summed E-state index contributed by atoms with van der Waals surface area (Å²) in [7, 11) is -3.78. The van der Waals surface area contributed by atoms with E-state index in [1.54, 1.807) is 29.1 Å². The van der Waals surface area contributed by atoms with E-state index in [0.29, 0.717) is 36.0 Å². The summed E-state index contributed by atoms with van der Waals surface area (Å²) in [4.78, 5) is 2.39. The smallest absolute Gasteiger partial charge is 0.276 e. The van der Waals surface area contributed by atoms with Crippen LogP contribution in [0.25, 0.3) is 16.9 Å². The Labute approximate surface area is 191 Å². The van der Waals surface area contributed by atoms with Crippen LogP contribution in [0, 0.1) is 0 Å². The molecule has 33 heavy (non-hydrogen) atoms. The molecular weight excluding hydrogens is 440 g/mol. The minimum atomic E-state index is -3.78. The summed E-state index contributed by atoms with van der Waals surface area (Å²) in [5.74, 6) is 1.32. The molecule has 0 radical (unpaired) electrons. The zero-order chi connectivity index (χ0) is 22.7. The van der Waals surface area contributed by atoms with Crippen molar-refractivity contribution < 1.29 is 17.9 Å². The van der Waals surface area contributed by atoms with E-state index in [-0.39, 0.29) is 4.90 Å². The summed E-state index contributed by atoms with van der Waals surface area (Å²) in [5.41, 5.74) is 2.91. The van der Waals surface area contributed by atoms with Gasteiger partial charge in [-0.1, -0.05) is 36.4 Å². The average molecular weight is 461 g/mol. The lowest BCUT2D eigenvalue weighted by molar-refractivity contribution is 0.171. The van der Waals surface area contributed by atoms with Crippen molar-refractivity contribution in [3.8, 4) is 28.4 Å². The third-order valence-corrected chi connectivity index (χ3v) is 6.25. The third kappa shape index (κ3) is 4.44. The topological polar surface area (TPSA) is 94.8 Å². The zero-order valence-corrected chi connectivity index (χ0v) is 18.3. The molecule has 1 aliphatic rings. The van der Waals surface area contributed by atoms with Gasteiger partial charge in [0.05, 0.1) is 16.8 Å². The number of sulfonamides is 1. The highest BCUT2D eigenvalue weighted by atomic mass is 32.2. The van der Waals surface area contributed by atoms with Crippen molar-refractivity contribution in [3.05, 3.63) is 90.6 Å². The maximum absolute atomic E-state index is 12.5. The summed E-state index contributed by atoms with van der Waals surface area (Å²) in [6, 6.07) is 23.3. The fraction of sp³-hybridized carbons (Fsp3) is 0.0833. The quantitative estimate of drug-likeness (QED) is 0.350. The summed E-state index contributed by atoms with van der Waals surface area (Å²) in [5, 5.41) is 8.72. The second-order valence-electron chi connectivity index (χ2n) is 7.24. The van der Waals surface area contributed by atoms with Gasteiger partial charge in [-0.3, -0.25) is 0 Å². The molecule has 1 N–H and O–H groups in total. The van der Waals surface area contributed by atoms with Crippen LogP contribution in [0.4, 0.5) is 0 Å². The Morgan fingerprint density at radius 1 is 0.909 bits per heavy atom. The summed E-state index contributed by atoms with van der Waals surface area (Å²) in [6.45, 7) is 0.985. The van der Waals surface area contributed by atoms with Crippen LogP contribution in [0.3, 0.4) is 0 Å². The lowest BCUT2D eigenvalue weighted by Gasteiger charge is -2.18. The van der Waals surface area contributed by atoms with E-state index in [1.807, 2.05) is 48.5 Å². The monoisotopic (exact) mass is 460 g/mol. The van der Waals surface area contributed by atoms with E-state index < -0.39 is 10.0 Å². The number of para-hydroxylation sites is 1. The van der Waals surface area contributed by atoms with Gasteiger partial charge in [-0.25, -0.2) is 9.51 Å². The number of hydrazone groups is 1. The Morgan fingerprint density at radius 2 is 1.61 bits per heavy atom. The van der Waals surface area contributed by atoms with E-state index in [0.717, 1.165) is 11.3 Å². The molecule has 8 nitrogen and oxygen atoms in total. The molecule has 0 atom stereocenters. The maximum atomic E-state index is 12.5. The summed E-state index contributed by atoms with van der Waals surface area (Å²) >= 11 is 0. The molecule has 0 fully saturated rings. The first kappa shape index (κ1) is 20.8. The van der Waals surface area contributed by atoms with Gasteiger partial charge in [0.1, 0.15) is 18.9 Å². The van der Waals surface area contributed by atoms with Gasteiger partial charge in [0.15, 0.2) is 11.5 Å². The first-order valence-electron chi connectivity index (χ1n) is 10.3. The van der Waals surface area contributed by atoms with Crippen molar-refractivity contribution in [2.45, 2.75) is 4.90 Å².